The molecule has 2 saturated heterocycles. The maximum atomic E-state index is 10.9. The molecule has 2 aliphatic heterocycles. The Bertz CT molecular complexity index is 584. The van der Waals surface area contributed by atoms with Crippen molar-refractivity contribution in [1.29, 1.82) is 0 Å². The van der Waals surface area contributed by atoms with E-state index in [2.05, 4.69) is 0 Å². The van der Waals surface area contributed by atoms with E-state index in [4.69, 9.17) is 41.9 Å². The number of ether oxygens (including phenoxy) is 4. The van der Waals surface area contributed by atoms with Crippen LogP contribution in [0.1, 0.15) is 6.42 Å². The number of aliphatic hydroxyl groups is 7. The lowest BCUT2D eigenvalue weighted by molar-refractivity contribution is -0.328. The van der Waals surface area contributed by atoms with Gasteiger partial charge in [-0.1, -0.05) is 0 Å². The van der Waals surface area contributed by atoms with Crippen molar-refractivity contribution in [1.82, 2.24) is 0 Å². The summed E-state index contributed by atoms with van der Waals surface area (Å²) in [6.07, 6.45) is -16.4. The van der Waals surface area contributed by atoms with Crippen LogP contribution in [0.4, 0.5) is 0 Å². The molecule has 0 radical (unpaired) electrons. The molecular weight excluding hydrogens is 448 g/mol. The molecule has 15 nitrogen and oxygen atoms in total. The Labute approximate surface area is 189 Å². The SMILES string of the molecule is NC[C@H]1O[C@H](O[C@H]2[C@H](O)[C@@H](O[C@@H]3O[C@H](CO)[C@@H](O)[C@H](O)[C@H]3N)[C@H](N)C[C@@H]2N)[C@H](O)[C@@H](O)[C@@H]1O. The minimum Gasteiger partial charge on any atom is -0.394 e. The zero-order valence-corrected chi connectivity index (χ0v) is 17.9. The summed E-state index contributed by atoms with van der Waals surface area (Å²) in [7, 11) is 0. The number of hydrogen-bond acceptors (Lipinski definition) is 15. The second-order valence-electron chi connectivity index (χ2n) is 8.79. The van der Waals surface area contributed by atoms with Crippen LogP contribution in [0.2, 0.25) is 0 Å². The molecule has 2 heterocycles. The molecule has 1 aliphatic carbocycles. The molecule has 15 atom stereocenters. The number of hydrogen-bond donors (Lipinski definition) is 11. The Morgan fingerprint density at radius 3 is 1.73 bits per heavy atom. The van der Waals surface area contributed by atoms with E-state index in [1.54, 1.807) is 0 Å². The molecule has 0 aromatic carbocycles. The molecule has 3 fully saturated rings. The van der Waals surface area contributed by atoms with E-state index >= 15 is 0 Å². The molecule has 194 valence electrons. The zero-order chi connectivity index (χ0) is 24.6. The van der Waals surface area contributed by atoms with Crippen molar-refractivity contribution < 1.29 is 54.7 Å². The van der Waals surface area contributed by atoms with Crippen LogP contribution in [0.15, 0.2) is 0 Å². The normalized spacial score (nSPS) is 53.7. The van der Waals surface area contributed by atoms with E-state index < -0.39 is 98.4 Å². The molecule has 1 saturated carbocycles. The van der Waals surface area contributed by atoms with Gasteiger partial charge < -0.3 is 77.6 Å². The summed E-state index contributed by atoms with van der Waals surface area (Å²) in [4.78, 5) is 0. The third kappa shape index (κ3) is 5.32. The first-order chi connectivity index (χ1) is 15.5. The third-order valence-corrected chi connectivity index (χ3v) is 6.47. The molecule has 3 rings (SSSR count). The van der Waals surface area contributed by atoms with Gasteiger partial charge in [-0.15, -0.1) is 0 Å². The highest BCUT2D eigenvalue weighted by Crippen LogP contribution is 2.31. The summed E-state index contributed by atoms with van der Waals surface area (Å²) in [5, 5.41) is 70.6. The first-order valence-corrected chi connectivity index (χ1v) is 10.8. The van der Waals surface area contributed by atoms with E-state index in [0.717, 1.165) is 0 Å². The number of nitrogens with two attached hydrogens (primary N) is 4. The molecule has 0 unspecified atom stereocenters. The maximum absolute atomic E-state index is 10.9. The predicted molar refractivity (Wildman–Crippen MR) is 108 cm³/mol. The molecule has 0 amide bonds. The fraction of sp³-hybridized carbons (Fsp3) is 1.00. The summed E-state index contributed by atoms with van der Waals surface area (Å²) in [5.74, 6) is 0. The summed E-state index contributed by atoms with van der Waals surface area (Å²) < 4.78 is 22.3. The zero-order valence-electron chi connectivity index (χ0n) is 17.9. The van der Waals surface area contributed by atoms with Gasteiger partial charge in [-0.05, 0) is 6.42 Å². The summed E-state index contributed by atoms with van der Waals surface area (Å²) in [6.45, 7) is -0.786. The summed E-state index contributed by atoms with van der Waals surface area (Å²) >= 11 is 0. The van der Waals surface area contributed by atoms with Crippen LogP contribution in [0.3, 0.4) is 0 Å². The standard InChI is InChI=1S/C18H36N4O11/c19-2-6-9(24)12(27)13(28)18(30-6)33-16-5(21)1-4(20)15(14(16)29)32-17-8(22)11(26)10(25)7(3-23)31-17/h4-18,23-29H,1-3,19-22H2/t4-,5+,6-,7-,8-,9-,10-,11-,12+,13-,14-,15+,16-,17+,18-/m1/s1. The van der Waals surface area contributed by atoms with Crippen LogP contribution in [0.25, 0.3) is 0 Å². The lowest BCUT2D eigenvalue weighted by atomic mass is 9.84. The van der Waals surface area contributed by atoms with Crippen LogP contribution in [-0.4, -0.2) is 141 Å². The molecule has 15 heteroatoms. The monoisotopic (exact) mass is 484 g/mol. The molecule has 0 spiro atoms. The van der Waals surface area contributed by atoms with Gasteiger partial charge in [0.15, 0.2) is 12.6 Å². The second kappa shape index (κ2) is 11.0. The van der Waals surface area contributed by atoms with Crippen molar-refractivity contribution in [2.24, 2.45) is 22.9 Å². The highest BCUT2D eigenvalue weighted by atomic mass is 16.7. The van der Waals surface area contributed by atoms with Crippen LogP contribution < -0.4 is 22.9 Å². The van der Waals surface area contributed by atoms with E-state index in [-0.39, 0.29) is 13.0 Å². The average Bonchev–Trinajstić information content (AvgIpc) is 2.79. The first-order valence-electron chi connectivity index (χ1n) is 10.8. The minimum atomic E-state index is -1.66. The fourth-order valence-corrected chi connectivity index (χ4v) is 4.40. The van der Waals surface area contributed by atoms with Gasteiger partial charge in [-0.2, -0.15) is 0 Å². The van der Waals surface area contributed by atoms with Crippen molar-refractivity contribution in [3.63, 3.8) is 0 Å². The molecule has 15 N–H and O–H groups in total. The largest absolute Gasteiger partial charge is 0.394 e. The quantitative estimate of drug-likeness (QED) is 0.167. The Balaban J connectivity index is 1.72. The average molecular weight is 485 g/mol. The van der Waals surface area contributed by atoms with E-state index in [9.17, 15) is 35.7 Å². The highest BCUT2D eigenvalue weighted by molar-refractivity contribution is 5.01. The van der Waals surface area contributed by atoms with Gasteiger partial charge >= 0.3 is 0 Å². The van der Waals surface area contributed by atoms with Crippen LogP contribution in [-0.2, 0) is 18.9 Å². The van der Waals surface area contributed by atoms with Gasteiger partial charge in [0, 0.05) is 18.6 Å². The minimum absolute atomic E-state index is 0.0945. The van der Waals surface area contributed by atoms with Gasteiger partial charge in [-0.25, -0.2) is 0 Å². The van der Waals surface area contributed by atoms with Gasteiger partial charge in [0.2, 0.25) is 0 Å². The lowest BCUT2D eigenvalue weighted by Gasteiger charge is -2.48. The van der Waals surface area contributed by atoms with Gasteiger partial charge in [0.25, 0.3) is 0 Å². The van der Waals surface area contributed by atoms with Crippen molar-refractivity contribution in [2.75, 3.05) is 13.2 Å². The molecule has 3 aliphatic rings. The Kier molecular flexibility index (Phi) is 8.99. The molecule has 0 bridgehead atoms. The van der Waals surface area contributed by atoms with E-state index in [1.165, 1.54) is 0 Å². The second-order valence-corrected chi connectivity index (χ2v) is 8.79. The van der Waals surface area contributed by atoms with E-state index in [1.807, 2.05) is 0 Å². The Hall–Kier alpha value is -0.600. The molecule has 33 heavy (non-hydrogen) atoms. The first kappa shape index (κ1) is 27.0. The summed E-state index contributed by atoms with van der Waals surface area (Å²) in [5.41, 5.74) is 23.6. The van der Waals surface area contributed by atoms with Crippen LogP contribution >= 0.6 is 0 Å². The van der Waals surface area contributed by atoms with E-state index in [0.29, 0.717) is 0 Å². The van der Waals surface area contributed by atoms with Crippen molar-refractivity contribution in [3.05, 3.63) is 0 Å². The van der Waals surface area contributed by atoms with Crippen molar-refractivity contribution >= 4 is 0 Å². The Morgan fingerprint density at radius 2 is 1.18 bits per heavy atom. The third-order valence-electron chi connectivity index (χ3n) is 6.47. The fourth-order valence-electron chi connectivity index (χ4n) is 4.40. The van der Waals surface area contributed by atoms with Crippen molar-refractivity contribution in [2.45, 2.75) is 98.2 Å². The van der Waals surface area contributed by atoms with Crippen LogP contribution in [0, 0.1) is 0 Å². The maximum Gasteiger partial charge on any atom is 0.187 e. The predicted octanol–water partition coefficient (Wildman–Crippen LogP) is -7.29. The smallest absolute Gasteiger partial charge is 0.187 e. The number of rotatable bonds is 6. The Morgan fingerprint density at radius 1 is 0.667 bits per heavy atom. The molecule has 0 aromatic heterocycles. The highest BCUT2D eigenvalue weighted by Gasteiger charge is 2.51. The van der Waals surface area contributed by atoms with Crippen LogP contribution in [0.5, 0.6) is 0 Å². The van der Waals surface area contributed by atoms with Gasteiger partial charge in [0.1, 0.15) is 61.0 Å². The number of aliphatic hydroxyl groups excluding tert-OH is 7. The molecule has 0 aromatic rings. The lowest BCUT2D eigenvalue weighted by Crippen LogP contribution is -2.68. The molecular formula is C18H36N4O11. The topological polar surface area (TPSA) is 283 Å². The van der Waals surface area contributed by atoms with Gasteiger partial charge in [0.05, 0.1) is 12.6 Å². The van der Waals surface area contributed by atoms with Crippen molar-refractivity contribution in [3.8, 4) is 0 Å². The summed E-state index contributed by atoms with van der Waals surface area (Å²) in [6, 6.07) is -2.87. The van der Waals surface area contributed by atoms with Gasteiger partial charge in [-0.3, -0.25) is 0 Å².